The van der Waals surface area contributed by atoms with Gasteiger partial charge in [0.15, 0.2) is 0 Å². The predicted molar refractivity (Wildman–Crippen MR) is 96.2 cm³/mol. The molecule has 1 aliphatic heterocycles. The van der Waals surface area contributed by atoms with Crippen LogP contribution in [0, 0.1) is 11.8 Å². The van der Waals surface area contributed by atoms with Gasteiger partial charge in [-0.25, -0.2) is 0 Å². The molecular weight excluding hydrogens is 322 g/mol. The molecule has 0 spiro atoms. The average Bonchev–Trinajstić information content (AvgIpc) is 2.97. The highest BCUT2D eigenvalue weighted by molar-refractivity contribution is 7.17. The van der Waals surface area contributed by atoms with Gasteiger partial charge < -0.3 is 10.0 Å². The highest BCUT2D eigenvalue weighted by Gasteiger charge is 2.32. The van der Waals surface area contributed by atoms with Gasteiger partial charge in [-0.15, -0.1) is 11.3 Å². The first-order chi connectivity index (χ1) is 11.6. The van der Waals surface area contributed by atoms with E-state index in [1.165, 1.54) is 15.6 Å². The molecule has 128 valence electrons. The van der Waals surface area contributed by atoms with Gasteiger partial charge >= 0.3 is 5.97 Å². The van der Waals surface area contributed by atoms with Crippen LogP contribution in [-0.2, 0) is 16.0 Å². The first-order valence-electron chi connectivity index (χ1n) is 8.52. The lowest BCUT2D eigenvalue weighted by atomic mass is 9.87. The van der Waals surface area contributed by atoms with Crippen LogP contribution < -0.4 is 0 Å². The number of aliphatic carboxylic acids is 1. The van der Waals surface area contributed by atoms with E-state index in [0.717, 1.165) is 12.8 Å². The molecule has 2 heterocycles. The van der Waals surface area contributed by atoms with E-state index in [1.54, 1.807) is 11.3 Å². The number of carbonyl (C=O) groups excluding carboxylic acids is 1. The van der Waals surface area contributed by atoms with Crippen molar-refractivity contribution >= 4 is 33.3 Å². The highest BCUT2D eigenvalue weighted by atomic mass is 32.1. The molecule has 24 heavy (non-hydrogen) atoms. The lowest BCUT2D eigenvalue weighted by molar-refractivity contribution is -0.148. The zero-order chi connectivity index (χ0) is 17.1. The summed E-state index contributed by atoms with van der Waals surface area (Å²) in [6, 6.07) is 8.37. The van der Waals surface area contributed by atoms with Gasteiger partial charge in [-0.05, 0) is 47.6 Å². The van der Waals surface area contributed by atoms with E-state index in [-0.39, 0.29) is 17.7 Å². The van der Waals surface area contributed by atoms with Gasteiger partial charge in [0.25, 0.3) is 0 Å². The third-order valence-electron chi connectivity index (χ3n) is 4.97. The van der Waals surface area contributed by atoms with Gasteiger partial charge in [0.2, 0.25) is 5.91 Å². The van der Waals surface area contributed by atoms with E-state index in [1.807, 2.05) is 17.9 Å². The van der Waals surface area contributed by atoms with Crippen molar-refractivity contribution in [1.29, 1.82) is 0 Å². The van der Waals surface area contributed by atoms with Crippen LogP contribution in [0.15, 0.2) is 29.6 Å². The fraction of sp³-hybridized carbons (Fsp3) is 0.474. The summed E-state index contributed by atoms with van der Waals surface area (Å²) < 4.78 is 1.29. The van der Waals surface area contributed by atoms with Gasteiger partial charge in [0.1, 0.15) is 0 Å². The van der Waals surface area contributed by atoms with Crippen LogP contribution in [0.2, 0.25) is 0 Å². The number of nitrogens with zero attached hydrogens (tertiary/aromatic N) is 1. The highest BCUT2D eigenvalue weighted by Crippen LogP contribution is 2.27. The monoisotopic (exact) mass is 345 g/mol. The third kappa shape index (κ3) is 3.61. The van der Waals surface area contributed by atoms with Crippen molar-refractivity contribution in [2.24, 2.45) is 11.8 Å². The molecule has 0 saturated carbocycles. The second kappa shape index (κ2) is 7.34. The van der Waals surface area contributed by atoms with Crippen molar-refractivity contribution in [3.05, 3.63) is 35.2 Å². The number of benzene rings is 1. The van der Waals surface area contributed by atoms with Crippen LogP contribution in [0.25, 0.3) is 10.1 Å². The van der Waals surface area contributed by atoms with Crippen LogP contribution in [0.1, 0.15) is 31.7 Å². The van der Waals surface area contributed by atoms with Gasteiger partial charge in [0.05, 0.1) is 5.92 Å². The minimum atomic E-state index is -0.737. The zero-order valence-corrected chi connectivity index (χ0v) is 14.7. The maximum Gasteiger partial charge on any atom is 0.306 e. The molecule has 1 amide bonds. The standard InChI is InChI=1S/C19H23NO3S/c1-13-11-20(10-9-15(13)19(22)23)18(21)8-4-5-14-12-24-17-7-3-2-6-16(14)17/h2-3,6-7,12-13,15H,4-5,8-11H2,1H3,(H,22,23). The maximum atomic E-state index is 12.4. The quantitative estimate of drug-likeness (QED) is 0.897. The number of carbonyl (C=O) groups is 2. The summed E-state index contributed by atoms with van der Waals surface area (Å²) in [7, 11) is 0. The number of carboxylic acids is 1. The number of rotatable bonds is 5. The van der Waals surface area contributed by atoms with E-state index >= 15 is 0 Å². The van der Waals surface area contributed by atoms with Crippen LogP contribution in [0.5, 0.6) is 0 Å². The molecule has 1 saturated heterocycles. The zero-order valence-electron chi connectivity index (χ0n) is 13.9. The summed E-state index contributed by atoms with van der Waals surface area (Å²) in [6.45, 7) is 3.06. The summed E-state index contributed by atoms with van der Waals surface area (Å²) in [5.74, 6) is -0.864. The number of thiophene rings is 1. The van der Waals surface area contributed by atoms with E-state index in [9.17, 15) is 9.59 Å². The smallest absolute Gasteiger partial charge is 0.306 e. The van der Waals surface area contributed by atoms with Crippen LogP contribution in [-0.4, -0.2) is 35.0 Å². The summed E-state index contributed by atoms with van der Waals surface area (Å²) in [6.07, 6.45) is 2.86. The van der Waals surface area contributed by atoms with Crippen molar-refractivity contribution in [3.63, 3.8) is 0 Å². The molecule has 0 bridgehead atoms. The van der Waals surface area contributed by atoms with Crippen LogP contribution in [0.4, 0.5) is 0 Å². The Hall–Kier alpha value is -1.88. The second-order valence-electron chi connectivity index (χ2n) is 6.66. The summed E-state index contributed by atoms with van der Waals surface area (Å²) in [5, 5.41) is 12.7. The number of likely N-dealkylation sites (tertiary alicyclic amines) is 1. The minimum absolute atomic E-state index is 0.0287. The lowest BCUT2D eigenvalue weighted by Crippen LogP contribution is -2.44. The van der Waals surface area contributed by atoms with E-state index in [2.05, 4.69) is 23.6 Å². The molecule has 0 radical (unpaired) electrons. The Balaban J connectivity index is 1.50. The fourth-order valence-electron chi connectivity index (χ4n) is 3.55. The van der Waals surface area contributed by atoms with Gasteiger partial charge in [-0.3, -0.25) is 9.59 Å². The molecule has 4 nitrogen and oxygen atoms in total. The molecule has 1 N–H and O–H groups in total. The molecule has 5 heteroatoms. The Morgan fingerprint density at radius 2 is 2.12 bits per heavy atom. The number of piperidine rings is 1. The molecule has 1 aliphatic rings. The topological polar surface area (TPSA) is 57.6 Å². The molecule has 2 aromatic rings. The van der Waals surface area contributed by atoms with E-state index in [0.29, 0.717) is 25.9 Å². The van der Waals surface area contributed by atoms with Gasteiger partial charge in [-0.2, -0.15) is 0 Å². The molecule has 1 aromatic carbocycles. The van der Waals surface area contributed by atoms with E-state index < -0.39 is 5.97 Å². The largest absolute Gasteiger partial charge is 0.481 e. The maximum absolute atomic E-state index is 12.4. The molecule has 0 aliphatic carbocycles. The fourth-order valence-corrected chi connectivity index (χ4v) is 4.55. The van der Waals surface area contributed by atoms with Crippen molar-refractivity contribution < 1.29 is 14.7 Å². The molecule has 1 aromatic heterocycles. The Labute approximate surface area is 146 Å². The SMILES string of the molecule is CC1CN(C(=O)CCCc2csc3ccccc23)CCC1C(=O)O. The van der Waals surface area contributed by atoms with Gasteiger partial charge in [-0.1, -0.05) is 25.1 Å². The molecule has 1 fully saturated rings. The number of hydrogen-bond donors (Lipinski definition) is 1. The van der Waals surface area contributed by atoms with Crippen molar-refractivity contribution in [1.82, 2.24) is 4.90 Å². The predicted octanol–water partition coefficient (Wildman–Crippen LogP) is 3.79. The Morgan fingerprint density at radius 3 is 2.88 bits per heavy atom. The lowest BCUT2D eigenvalue weighted by Gasteiger charge is -2.35. The minimum Gasteiger partial charge on any atom is -0.481 e. The summed E-state index contributed by atoms with van der Waals surface area (Å²) in [4.78, 5) is 25.4. The van der Waals surface area contributed by atoms with Crippen molar-refractivity contribution in [2.75, 3.05) is 13.1 Å². The number of amides is 1. The first-order valence-corrected chi connectivity index (χ1v) is 9.40. The van der Waals surface area contributed by atoms with E-state index in [4.69, 9.17) is 5.11 Å². The molecule has 2 unspecified atom stereocenters. The number of aryl methyl sites for hydroxylation is 1. The Kier molecular flexibility index (Phi) is 5.19. The van der Waals surface area contributed by atoms with Crippen LogP contribution >= 0.6 is 11.3 Å². The van der Waals surface area contributed by atoms with Gasteiger partial charge in [0, 0.05) is 24.2 Å². The normalized spacial score (nSPS) is 21.1. The molecule has 3 rings (SSSR count). The Bertz CT molecular complexity index is 739. The average molecular weight is 345 g/mol. The van der Waals surface area contributed by atoms with Crippen molar-refractivity contribution in [2.45, 2.75) is 32.6 Å². The number of carboxylic acid groups (broad SMARTS) is 1. The first kappa shape index (κ1) is 17.0. The number of fused-ring (bicyclic) bond motifs is 1. The molecule has 2 atom stereocenters. The van der Waals surface area contributed by atoms with Crippen LogP contribution in [0.3, 0.4) is 0 Å². The third-order valence-corrected chi connectivity index (χ3v) is 5.99. The molecular formula is C19H23NO3S. The summed E-state index contributed by atoms with van der Waals surface area (Å²) >= 11 is 1.75. The Morgan fingerprint density at radius 1 is 1.33 bits per heavy atom. The van der Waals surface area contributed by atoms with Crippen molar-refractivity contribution in [3.8, 4) is 0 Å². The second-order valence-corrected chi connectivity index (χ2v) is 7.57. The number of hydrogen-bond acceptors (Lipinski definition) is 3. The summed E-state index contributed by atoms with van der Waals surface area (Å²) in [5.41, 5.74) is 1.32.